The molecule has 4 fully saturated rings. The van der Waals surface area contributed by atoms with Crippen LogP contribution in [0, 0.1) is 33.3 Å². The van der Waals surface area contributed by atoms with Crippen molar-refractivity contribution in [3.05, 3.63) is 33.4 Å². The third-order valence-electron chi connectivity index (χ3n) is 7.51. The van der Waals surface area contributed by atoms with Crippen LogP contribution in [0.15, 0.2) is 17.3 Å². The molecule has 0 unspecified atom stereocenters. The Morgan fingerprint density at radius 2 is 1.79 bits per heavy atom. The SMILES string of the molecule is COc1ccc2c(c1[N+](=O)[O-])CCC/C2=N/OC(=O)C12CC3CC(CC(C3)C1)C2. The lowest BCUT2D eigenvalue weighted by Crippen LogP contribution is -2.50. The first-order chi connectivity index (χ1) is 14.0. The van der Waals surface area contributed by atoms with Gasteiger partial charge in [-0.05, 0) is 87.7 Å². The predicted molar refractivity (Wildman–Crippen MR) is 106 cm³/mol. The Bertz CT molecular complexity index is 871. The highest BCUT2D eigenvalue weighted by Gasteiger charge is 2.55. The predicted octanol–water partition coefficient (Wildman–Crippen LogP) is 4.40. The summed E-state index contributed by atoms with van der Waals surface area (Å²) in [6, 6.07) is 3.39. The van der Waals surface area contributed by atoms with E-state index in [0.717, 1.165) is 25.7 Å². The van der Waals surface area contributed by atoms with Crippen LogP contribution >= 0.6 is 0 Å². The maximum Gasteiger partial charge on any atom is 0.341 e. The second kappa shape index (κ2) is 6.82. The average molecular weight is 398 g/mol. The van der Waals surface area contributed by atoms with Crippen LogP contribution in [0.4, 0.5) is 5.69 Å². The van der Waals surface area contributed by atoms with E-state index in [4.69, 9.17) is 9.57 Å². The number of hydrogen-bond acceptors (Lipinski definition) is 6. The molecule has 0 aromatic heterocycles. The maximum absolute atomic E-state index is 13.1. The van der Waals surface area contributed by atoms with Gasteiger partial charge in [-0.2, -0.15) is 0 Å². The largest absolute Gasteiger partial charge is 0.490 e. The van der Waals surface area contributed by atoms with E-state index >= 15 is 0 Å². The van der Waals surface area contributed by atoms with Crippen molar-refractivity contribution in [3.8, 4) is 5.75 Å². The van der Waals surface area contributed by atoms with Crippen molar-refractivity contribution in [2.24, 2.45) is 28.3 Å². The first-order valence-electron chi connectivity index (χ1n) is 10.6. The third kappa shape index (κ3) is 3.02. The van der Waals surface area contributed by atoms with Crippen LogP contribution < -0.4 is 4.74 Å². The molecule has 0 amide bonds. The first kappa shape index (κ1) is 18.6. The van der Waals surface area contributed by atoms with Crippen LogP contribution in [-0.4, -0.2) is 23.7 Å². The fourth-order valence-corrected chi connectivity index (χ4v) is 6.72. The molecule has 1 aromatic carbocycles. The van der Waals surface area contributed by atoms with Gasteiger partial charge in [-0.1, -0.05) is 5.16 Å². The zero-order chi connectivity index (χ0) is 20.2. The summed E-state index contributed by atoms with van der Waals surface area (Å²) in [7, 11) is 1.43. The topological polar surface area (TPSA) is 91.0 Å². The van der Waals surface area contributed by atoms with Gasteiger partial charge in [0, 0.05) is 11.1 Å². The lowest BCUT2D eigenvalue weighted by molar-refractivity contribution is -0.386. The van der Waals surface area contributed by atoms with E-state index in [0.29, 0.717) is 47.4 Å². The summed E-state index contributed by atoms with van der Waals surface area (Å²) in [6.07, 6.45) is 8.55. The number of nitro benzene ring substituents is 1. The molecular weight excluding hydrogens is 372 g/mol. The molecule has 5 aliphatic rings. The van der Waals surface area contributed by atoms with Gasteiger partial charge in [-0.3, -0.25) is 10.1 Å². The van der Waals surface area contributed by atoms with Gasteiger partial charge in [0.05, 0.1) is 23.2 Å². The van der Waals surface area contributed by atoms with Crippen LogP contribution in [0.5, 0.6) is 5.75 Å². The highest BCUT2D eigenvalue weighted by atomic mass is 16.7. The summed E-state index contributed by atoms with van der Waals surface area (Å²) in [5, 5.41) is 15.8. The lowest BCUT2D eigenvalue weighted by atomic mass is 9.49. The van der Waals surface area contributed by atoms with Gasteiger partial charge in [-0.25, -0.2) is 4.79 Å². The van der Waals surface area contributed by atoms with Gasteiger partial charge in [0.2, 0.25) is 0 Å². The van der Waals surface area contributed by atoms with Gasteiger partial charge < -0.3 is 9.57 Å². The number of ether oxygens (including phenoxy) is 1. The minimum absolute atomic E-state index is 0.00943. The van der Waals surface area contributed by atoms with Gasteiger partial charge in [0.25, 0.3) is 0 Å². The van der Waals surface area contributed by atoms with E-state index in [1.54, 1.807) is 12.1 Å². The van der Waals surface area contributed by atoms with Crippen molar-refractivity contribution in [2.45, 2.75) is 57.8 Å². The Morgan fingerprint density at radius 1 is 1.14 bits per heavy atom. The van der Waals surface area contributed by atoms with Crippen LogP contribution in [0.2, 0.25) is 0 Å². The molecule has 0 spiro atoms. The fourth-order valence-electron chi connectivity index (χ4n) is 6.72. The minimum Gasteiger partial charge on any atom is -0.490 e. The van der Waals surface area contributed by atoms with Crippen molar-refractivity contribution >= 4 is 17.4 Å². The van der Waals surface area contributed by atoms with E-state index in [2.05, 4.69) is 5.16 Å². The third-order valence-corrected chi connectivity index (χ3v) is 7.51. The van der Waals surface area contributed by atoms with Crippen molar-refractivity contribution in [2.75, 3.05) is 7.11 Å². The molecule has 0 saturated heterocycles. The lowest BCUT2D eigenvalue weighted by Gasteiger charge is -2.54. The van der Waals surface area contributed by atoms with Gasteiger partial charge >= 0.3 is 11.7 Å². The molecule has 4 bridgehead atoms. The number of carbonyl (C=O) groups is 1. The molecule has 0 N–H and O–H groups in total. The summed E-state index contributed by atoms with van der Waals surface area (Å²) in [4.78, 5) is 29.8. The van der Waals surface area contributed by atoms with Crippen LogP contribution in [0.25, 0.3) is 0 Å². The highest BCUT2D eigenvalue weighted by molar-refractivity contribution is 6.04. The van der Waals surface area contributed by atoms with Crippen molar-refractivity contribution in [1.29, 1.82) is 0 Å². The molecule has 7 nitrogen and oxygen atoms in total. The van der Waals surface area contributed by atoms with E-state index in [9.17, 15) is 14.9 Å². The Morgan fingerprint density at radius 3 is 2.38 bits per heavy atom. The van der Waals surface area contributed by atoms with E-state index in [-0.39, 0.29) is 22.8 Å². The first-order valence-corrected chi connectivity index (χ1v) is 10.6. The molecular formula is C22H26N2O5. The summed E-state index contributed by atoms with van der Waals surface area (Å²) in [5.74, 6) is 2.03. The van der Waals surface area contributed by atoms with Crippen molar-refractivity contribution < 1.29 is 19.3 Å². The number of benzene rings is 1. The van der Waals surface area contributed by atoms with Gasteiger partial charge in [0.1, 0.15) is 0 Å². The van der Waals surface area contributed by atoms with Gasteiger partial charge in [0.15, 0.2) is 5.75 Å². The second-order valence-corrected chi connectivity index (χ2v) is 9.37. The number of nitrogens with zero attached hydrogens (tertiary/aromatic N) is 2. The molecule has 1 aromatic rings. The molecule has 6 rings (SSSR count). The van der Waals surface area contributed by atoms with E-state index in [1.807, 2.05) is 0 Å². The highest BCUT2D eigenvalue weighted by Crippen LogP contribution is 2.60. The molecule has 4 saturated carbocycles. The van der Waals surface area contributed by atoms with E-state index < -0.39 is 4.92 Å². The minimum atomic E-state index is -0.401. The fraction of sp³-hybridized carbons (Fsp3) is 0.636. The molecule has 0 radical (unpaired) electrons. The Labute approximate surface area is 169 Å². The number of fused-ring (bicyclic) bond motifs is 1. The number of rotatable bonds is 4. The second-order valence-electron chi connectivity index (χ2n) is 9.37. The Kier molecular flexibility index (Phi) is 4.37. The summed E-state index contributed by atoms with van der Waals surface area (Å²) in [6.45, 7) is 0. The maximum atomic E-state index is 13.1. The molecule has 5 aliphatic carbocycles. The van der Waals surface area contributed by atoms with Crippen LogP contribution in [-0.2, 0) is 16.1 Å². The Balaban J connectivity index is 1.41. The van der Waals surface area contributed by atoms with Crippen LogP contribution in [0.3, 0.4) is 0 Å². The Hall–Kier alpha value is -2.44. The quantitative estimate of drug-likeness (QED) is 0.426. The van der Waals surface area contributed by atoms with E-state index in [1.165, 1.54) is 26.4 Å². The zero-order valence-electron chi connectivity index (χ0n) is 16.7. The normalized spacial score (nSPS) is 33.4. The van der Waals surface area contributed by atoms with Crippen molar-refractivity contribution in [3.63, 3.8) is 0 Å². The smallest absolute Gasteiger partial charge is 0.341 e. The number of methoxy groups -OCH3 is 1. The number of nitro groups is 1. The molecule has 7 heteroatoms. The zero-order valence-corrected chi connectivity index (χ0v) is 16.7. The summed E-state index contributed by atoms with van der Waals surface area (Å²) in [5.41, 5.74) is 1.56. The summed E-state index contributed by atoms with van der Waals surface area (Å²) < 4.78 is 5.18. The molecule has 0 heterocycles. The monoisotopic (exact) mass is 398 g/mol. The number of carbonyl (C=O) groups excluding carboxylic acids is 1. The average Bonchev–Trinajstić information content (AvgIpc) is 2.69. The standard InChI is InChI=1S/C22H26N2O5/c1-28-19-6-5-16-17(20(19)24(26)27)3-2-4-18(16)23-29-21(25)22-10-13-7-14(11-22)9-15(8-13)12-22/h5-6,13-15H,2-4,7-12H2,1H3/b23-18-. The summed E-state index contributed by atoms with van der Waals surface area (Å²) >= 11 is 0. The number of hydrogen-bond donors (Lipinski definition) is 0. The molecule has 0 atom stereocenters. The van der Waals surface area contributed by atoms with Crippen LogP contribution in [0.1, 0.15) is 62.5 Å². The molecule has 154 valence electrons. The molecule has 0 aliphatic heterocycles. The number of oxime groups is 1. The molecule has 29 heavy (non-hydrogen) atoms. The van der Waals surface area contributed by atoms with Crippen molar-refractivity contribution in [1.82, 2.24) is 0 Å². The van der Waals surface area contributed by atoms with Gasteiger partial charge in [-0.15, -0.1) is 0 Å².